The first-order valence-electron chi connectivity index (χ1n) is 9.04. The maximum atomic E-state index is 12.4. The summed E-state index contributed by atoms with van der Waals surface area (Å²) < 4.78 is 6.66. The Morgan fingerprint density at radius 2 is 2.19 bits per heavy atom. The molecule has 1 unspecified atom stereocenters. The number of amides is 2. The van der Waals surface area contributed by atoms with Crippen molar-refractivity contribution in [1.82, 2.24) is 0 Å². The normalized spacial score (nSPS) is 15.9. The van der Waals surface area contributed by atoms with E-state index >= 15 is 0 Å². The van der Waals surface area contributed by atoms with Crippen molar-refractivity contribution in [2.75, 3.05) is 11.9 Å². The molecule has 144 valence electrons. The molecule has 3 N–H and O–H groups in total. The van der Waals surface area contributed by atoms with Crippen LogP contribution < -0.4 is 15.8 Å². The lowest BCUT2D eigenvalue weighted by Crippen LogP contribution is -2.23. The Morgan fingerprint density at radius 3 is 2.89 bits per heavy atom. The van der Waals surface area contributed by atoms with Crippen molar-refractivity contribution < 1.29 is 14.3 Å². The smallest absolute Gasteiger partial charge is 0.262 e. The fourth-order valence-electron chi connectivity index (χ4n) is 3.37. The van der Waals surface area contributed by atoms with Crippen molar-refractivity contribution in [1.29, 1.82) is 0 Å². The number of nitrogens with two attached hydrogens (primary N) is 1. The number of fused-ring (bicyclic) bond motifs is 1. The van der Waals surface area contributed by atoms with E-state index in [0.717, 1.165) is 46.2 Å². The predicted octanol–water partition coefficient (Wildman–Crippen LogP) is 4.31. The van der Waals surface area contributed by atoms with Crippen molar-refractivity contribution in [2.45, 2.75) is 39.5 Å². The van der Waals surface area contributed by atoms with E-state index in [1.165, 1.54) is 11.3 Å². The van der Waals surface area contributed by atoms with Crippen LogP contribution in [0.3, 0.4) is 0 Å². The highest BCUT2D eigenvalue weighted by atomic mass is 79.9. The van der Waals surface area contributed by atoms with Crippen LogP contribution in [0.25, 0.3) is 0 Å². The van der Waals surface area contributed by atoms with Crippen molar-refractivity contribution in [3.63, 3.8) is 0 Å². The first kappa shape index (κ1) is 19.9. The highest BCUT2D eigenvalue weighted by molar-refractivity contribution is 9.10. The Labute approximate surface area is 171 Å². The van der Waals surface area contributed by atoms with Crippen LogP contribution >= 0.6 is 27.3 Å². The molecular weight excluding hydrogens is 428 g/mol. The van der Waals surface area contributed by atoms with Gasteiger partial charge in [-0.1, -0.05) is 29.8 Å². The molecule has 0 aliphatic heterocycles. The first-order chi connectivity index (χ1) is 12.9. The zero-order valence-corrected chi connectivity index (χ0v) is 17.8. The van der Waals surface area contributed by atoms with E-state index in [4.69, 9.17) is 10.5 Å². The predicted molar refractivity (Wildman–Crippen MR) is 112 cm³/mol. The highest BCUT2D eigenvalue weighted by Gasteiger charge is 2.27. The lowest BCUT2D eigenvalue weighted by molar-refractivity contribution is -0.118. The third-order valence-electron chi connectivity index (χ3n) is 4.77. The molecule has 3 rings (SSSR count). The quantitative estimate of drug-likeness (QED) is 0.687. The van der Waals surface area contributed by atoms with Gasteiger partial charge in [0.2, 0.25) is 0 Å². The first-order valence-corrected chi connectivity index (χ1v) is 10.6. The minimum Gasteiger partial charge on any atom is -0.483 e. The average molecular weight is 451 g/mol. The molecule has 5 nitrogen and oxygen atoms in total. The second kappa shape index (κ2) is 8.44. The van der Waals surface area contributed by atoms with E-state index in [0.29, 0.717) is 22.2 Å². The maximum Gasteiger partial charge on any atom is 0.262 e. The van der Waals surface area contributed by atoms with Crippen molar-refractivity contribution >= 4 is 44.1 Å². The van der Waals surface area contributed by atoms with Crippen molar-refractivity contribution in [3.05, 3.63) is 44.2 Å². The van der Waals surface area contributed by atoms with E-state index in [1.807, 2.05) is 25.1 Å². The van der Waals surface area contributed by atoms with Gasteiger partial charge in [0, 0.05) is 9.35 Å². The number of rotatable bonds is 6. The van der Waals surface area contributed by atoms with Crippen LogP contribution in [0.4, 0.5) is 5.00 Å². The van der Waals surface area contributed by atoms with Gasteiger partial charge in [0.05, 0.1) is 5.56 Å². The topological polar surface area (TPSA) is 81.4 Å². The van der Waals surface area contributed by atoms with Gasteiger partial charge in [-0.3, -0.25) is 9.59 Å². The summed E-state index contributed by atoms with van der Waals surface area (Å²) in [6.45, 7) is 4.11. The average Bonchev–Trinajstić information content (AvgIpc) is 2.97. The summed E-state index contributed by atoms with van der Waals surface area (Å²) in [5, 5.41) is 3.37. The molecule has 0 bridgehead atoms. The Bertz CT molecular complexity index is 878. The number of aryl methyl sites for hydroxylation is 1. The van der Waals surface area contributed by atoms with Gasteiger partial charge in [-0.25, -0.2) is 0 Å². The summed E-state index contributed by atoms with van der Waals surface area (Å²) in [6.07, 6.45) is 3.59. The van der Waals surface area contributed by atoms with E-state index in [9.17, 15) is 9.59 Å². The van der Waals surface area contributed by atoms with Crippen LogP contribution in [0.2, 0.25) is 0 Å². The SMILES string of the molecule is CCc1cc(Br)ccc1OCC(=O)Nc1sc2c(c1C(N)=O)CCC(C)C2. The fourth-order valence-corrected chi connectivity index (χ4v) is 5.21. The Morgan fingerprint density at radius 1 is 1.41 bits per heavy atom. The molecule has 1 heterocycles. The number of benzene rings is 1. The third-order valence-corrected chi connectivity index (χ3v) is 6.44. The molecule has 0 saturated heterocycles. The molecule has 1 aromatic carbocycles. The van der Waals surface area contributed by atoms with E-state index < -0.39 is 5.91 Å². The second-order valence-corrected chi connectivity index (χ2v) is 8.88. The molecule has 0 radical (unpaired) electrons. The van der Waals surface area contributed by atoms with Gasteiger partial charge in [0.15, 0.2) is 6.61 Å². The number of thiophene rings is 1. The number of hydrogen-bond acceptors (Lipinski definition) is 4. The Hall–Kier alpha value is -1.86. The highest BCUT2D eigenvalue weighted by Crippen LogP contribution is 2.39. The number of hydrogen-bond donors (Lipinski definition) is 2. The monoisotopic (exact) mass is 450 g/mol. The maximum absolute atomic E-state index is 12.4. The van der Waals surface area contributed by atoms with Gasteiger partial charge in [0.1, 0.15) is 10.8 Å². The summed E-state index contributed by atoms with van der Waals surface area (Å²) >= 11 is 4.90. The van der Waals surface area contributed by atoms with Gasteiger partial charge in [-0.05, 0) is 60.9 Å². The van der Waals surface area contributed by atoms with Gasteiger partial charge >= 0.3 is 0 Å². The lowest BCUT2D eigenvalue weighted by atomic mass is 9.88. The van der Waals surface area contributed by atoms with Crippen LogP contribution in [0, 0.1) is 5.92 Å². The van der Waals surface area contributed by atoms with E-state index in [-0.39, 0.29) is 12.5 Å². The van der Waals surface area contributed by atoms with Gasteiger partial charge in [-0.2, -0.15) is 0 Å². The zero-order valence-electron chi connectivity index (χ0n) is 15.4. The molecule has 1 atom stereocenters. The Balaban J connectivity index is 1.72. The lowest BCUT2D eigenvalue weighted by Gasteiger charge is -2.18. The molecule has 2 amide bonds. The third kappa shape index (κ3) is 4.52. The number of nitrogens with one attached hydrogen (secondary N) is 1. The van der Waals surface area contributed by atoms with E-state index in [1.54, 1.807) is 0 Å². The minimum absolute atomic E-state index is 0.119. The van der Waals surface area contributed by atoms with Crippen LogP contribution in [0.5, 0.6) is 5.75 Å². The molecular formula is C20H23BrN2O3S. The summed E-state index contributed by atoms with van der Waals surface area (Å²) in [6, 6.07) is 5.70. The van der Waals surface area contributed by atoms with Gasteiger partial charge in [-0.15, -0.1) is 11.3 Å². The van der Waals surface area contributed by atoms with Crippen molar-refractivity contribution in [3.8, 4) is 5.75 Å². The second-order valence-electron chi connectivity index (χ2n) is 6.86. The number of anilines is 1. The largest absolute Gasteiger partial charge is 0.483 e. The molecule has 1 aliphatic carbocycles. The summed E-state index contributed by atoms with van der Waals surface area (Å²) in [5.74, 6) is 0.479. The van der Waals surface area contributed by atoms with Crippen LogP contribution in [0.15, 0.2) is 22.7 Å². The molecule has 0 spiro atoms. The van der Waals surface area contributed by atoms with Crippen LogP contribution in [0.1, 0.15) is 46.6 Å². The zero-order chi connectivity index (χ0) is 19.6. The molecule has 27 heavy (non-hydrogen) atoms. The summed E-state index contributed by atoms with van der Waals surface area (Å²) in [4.78, 5) is 25.5. The molecule has 1 aliphatic rings. The molecule has 1 aromatic heterocycles. The van der Waals surface area contributed by atoms with Crippen LogP contribution in [-0.2, 0) is 24.1 Å². The van der Waals surface area contributed by atoms with Gasteiger partial charge < -0.3 is 15.8 Å². The fraction of sp³-hybridized carbons (Fsp3) is 0.400. The van der Waals surface area contributed by atoms with E-state index in [2.05, 4.69) is 28.2 Å². The number of ether oxygens (including phenoxy) is 1. The summed E-state index contributed by atoms with van der Waals surface area (Å²) in [7, 11) is 0. The minimum atomic E-state index is -0.487. The molecule has 7 heteroatoms. The standard InChI is InChI=1S/C20H23BrN2O3S/c1-3-12-9-13(21)5-7-15(12)26-10-17(24)23-20-18(19(22)25)14-6-4-11(2)8-16(14)27-20/h5,7,9,11H,3-4,6,8,10H2,1-2H3,(H2,22,25)(H,23,24). The van der Waals surface area contributed by atoms with Gasteiger partial charge in [0.25, 0.3) is 11.8 Å². The number of primary amides is 1. The Kier molecular flexibility index (Phi) is 6.22. The summed E-state index contributed by atoms with van der Waals surface area (Å²) in [5.41, 5.74) is 8.08. The number of carbonyl (C=O) groups is 2. The molecule has 2 aromatic rings. The molecule has 0 saturated carbocycles. The van der Waals surface area contributed by atoms with Crippen molar-refractivity contribution in [2.24, 2.45) is 11.7 Å². The number of halogens is 1. The molecule has 0 fully saturated rings. The number of carbonyl (C=O) groups excluding carboxylic acids is 2. The van der Waals surface area contributed by atoms with Crippen LogP contribution in [-0.4, -0.2) is 18.4 Å².